The van der Waals surface area contributed by atoms with E-state index in [2.05, 4.69) is 4.98 Å². The molecule has 0 radical (unpaired) electrons. The molecule has 5 heteroatoms. The number of para-hydroxylation sites is 2. The molecule has 0 saturated carbocycles. The van der Waals surface area contributed by atoms with Gasteiger partial charge in [0.2, 0.25) is 0 Å². The number of benzene rings is 2. The number of aromatic nitrogens is 2. The van der Waals surface area contributed by atoms with Gasteiger partial charge in [-0.25, -0.2) is 9.78 Å². The van der Waals surface area contributed by atoms with E-state index in [4.69, 9.17) is 4.74 Å². The standard InChI is InChI=1S/C16H14N2O3/c1-21-9-11-5-2-3-7-13(11)18-10-17-15-12(16(19)20)6-4-8-14(15)18/h2-8,10H,9H2,1H3,(H,19,20). The molecule has 0 aliphatic heterocycles. The van der Waals surface area contributed by atoms with Crippen LogP contribution in [0.3, 0.4) is 0 Å². The number of carboxylic acids is 1. The van der Waals surface area contributed by atoms with Crippen LogP contribution in [0.5, 0.6) is 0 Å². The molecule has 1 aromatic heterocycles. The fourth-order valence-electron chi connectivity index (χ4n) is 2.43. The predicted molar refractivity (Wildman–Crippen MR) is 78.7 cm³/mol. The van der Waals surface area contributed by atoms with Crippen molar-refractivity contribution in [1.82, 2.24) is 9.55 Å². The highest BCUT2D eigenvalue weighted by Gasteiger charge is 2.14. The van der Waals surface area contributed by atoms with Gasteiger partial charge in [0.05, 0.1) is 23.4 Å². The van der Waals surface area contributed by atoms with Gasteiger partial charge in [0, 0.05) is 12.7 Å². The van der Waals surface area contributed by atoms with Gasteiger partial charge in [0.1, 0.15) is 11.8 Å². The average Bonchev–Trinajstić information content (AvgIpc) is 2.91. The van der Waals surface area contributed by atoms with E-state index in [0.717, 1.165) is 16.8 Å². The Hall–Kier alpha value is -2.66. The Morgan fingerprint density at radius 2 is 2.05 bits per heavy atom. The Morgan fingerprint density at radius 1 is 1.24 bits per heavy atom. The van der Waals surface area contributed by atoms with Crippen LogP contribution in [0, 0.1) is 0 Å². The molecule has 0 aliphatic carbocycles. The molecule has 0 saturated heterocycles. The van der Waals surface area contributed by atoms with Gasteiger partial charge in [-0.3, -0.25) is 4.57 Å². The highest BCUT2D eigenvalue weighted by atomic mass is 16.5. The Balaban J connectivity index is 2.23. The van der Waals surface area contributed by atoms with Crippen molar-refractivity contribution in [3.63, 3.8) is 0 Å². The molecule has 0 unspecified atom stereocenters. The molecule has 5 nitrogen and oxygen atoms in total. The number of ether oxygens (including phenoxy) is 1. The molecule has 106 valence electrons. The van der Waals surface area contributed by atoms with Crippen molar-refractivity contribution >= 4 is 17.0 Å². The fourth-order valence-corrected chi connectivity index (χ4v) is 2.43. The largest absolute Gasteiger partial charge is 0.478 e. The summed E-state index contributed by atoms with van der Waals surface area (Å²) in [5, 5.41) is 9.23. The van der Waals surface area contributed by atoms with Crippen molar-refractivity contribution in [2.45, 2.75) is 6.61 Å². The monoisotopic (exact) mass is 282 g/mol. The van der Waals surface area contributed by atoms with Gasteiger partial charge in [0.25, 0.3) is 0 Å². The molecule has 3 rings (SSSR count). The smallest absolute Gasteiger partial charge is 0.337 e. The molecule has 0 aliphatic rings. The zero-order valence-corrected chi connectivity index (χ0v) is 11.5. The topological polar surface area (TPSA) is 64.4 Å². The summed E-state index contributed by atoms with van der Waals surface area (Å²) in [7, 11) is 1.64. The molecule has 0 bridgehead atoms. The van der Waals surface area contributed by atoms with Crippen molar-refractivity contribution in [2.75, 3.05) is 7.11 Å². The molecular weight excluding hydrogens is 268 g/mol. The molecule has 0 fully saturated rings. The number of hydrogen-bond donors (Lipinski definition) is 1. The van der Waals surface area contributed by atoms with Gasteiger partial charge in [-0.15, -0.1) is 0 Å². The van der Waals surface area contributed by atoms with Crippen LogP contribution in [0.15, 0.2) is 48.8 Å². The van der Waals surface area contributed by atoms with E-state index in [0.29, 0.717) is 12.1 Å². The number of carbonyl (C=O) groups is 1. The lowest BCUT2D eigenvalue weighted by molar-refractivity contribution is 0.0699. The summed E-state index contributed by atoms with van der Waals surface area (Å²) in [5.41, 5.74) is 3.40. The maximum absolute atomic E-state index is 11.3. The van der Waals surface area contributed by atoms with Gasteiger partial charge < -0.3 is 9.84 Å². The zero-order chi connectivity index (χ0) is 14.8. The number of hydrogen-bond acceptors (Lipinski definition) is 3. The zero-order valence-electron chi connectivity index (χ0n) is 11.5. The normalized spacial score (nSPS) is 10.9. The maximum Gasteiger partial charge on any atom is 0.337 e. The molecule has 3 aromatic rings. The van der Waals surface area contributed by atoms with E-state index in [1.54, 1.807) is 25.6 Å². The van der Waals surface area contributed by atoms with E-state index in [1.165, 1.54) is 0 Å². The number of nitrogens with zero attached hydrogens (tertiary/aromatic N) is 2. The summed E-state index contributed by atoms with van der Waals surface area (Å²) in [6.07, 6.45) is 1.64. The van der Waals surface area contributed by atoms with E-state index in [9.17, 15) is 9.90 Å². The van der Waals surface area contributed by atoms with Gasteiger partial charge in [-0.1, -0.05) is 24.3 Å². The number of imidazole rings is 1. The first-order valence-corrected chi connectivity index (χ1v) is 6.49. The number of carboxylic acid groups (broad SMARTS) is 1. The molecule has 0 atom stereocenters. The first-order chi connectivity index (χ1) is 10.2. The van der Waals surface area contributed by atoms with Crippen LogP contribution >= 0.6 is 0 Å². The van der Waals surface area contributed by atoms with E-state index in [-0.39, 0.29) is 5.56 Å². The second-order valence-electron chi connectivity index (χ2n) is 4.65. The van der Waals surface area contributed by atoms with Crippen LogP contribution in [0.2, 0.25) is 0 Å². The number of rotatable bonds is 4. The van der Waals surface area contributed by atoms with Crippen LogP contribution < -0.4 is 0 Å². The highest BCUT2D eigenvalue weighted by Crippen LogP contribution is 2.23. The van der Waals surface area contributed by atoms with Gasteiger partial charge in [-0.2, -0.15) is 0 Å². The summed E-state index contributed by atoms with van der Waals surface area (Å²) < 4.78 is 7.10. The minimum atomic E-state index is -0.976. The first kappa shape index (κ1) is 13.3. The van der Waals surface area contributed by atoms with Crippen LogP contribution in [-0.2, 0) is 11.3 Å². The summed E-state index contributed by atoms with van der Waals surface area (Å²) in [6, 6.07) is 13.0. The van der Waals surface area contributed by atoms with Gasteiger partial charge in [-0.05, 0) is 18.2 Å². The van der Waals surface area contributed by atoms with Crippen LogP contribution in [0.1, 0.15) is 15.9 Å². The predicted octanol–water partition coefficient (Wildman–Crippen LogP) is 2.87. The summed E-state index contributed by atoms with van der Waals surface area (Å²) >= 11 is 0. The van der Waals surface area contributed by atoms with Gasteiger partial charge >= 0.3 is 5.97 Å². The van der Waals surface area contributed by atoms with Crippen molar-refractivity contribution < 1.29 is 14.6 Å². The third-order valence-corrected chi connectivity index (χ3v) is 3.36. The second kappa shape index (κ2) is 5.38. The minimum absolute atomic E-state index is 0.204. The van der Waals surface area contributed by atoms with Crippen LogP contribution in [0.4, 0.5) is 0 Å². The summed E-state index contributed by atoms with van der Waals surface area (Å²) in [4.78, 5) is 15.5. The first-order valence-electron chi connectivity index (χ1n) is 6.49. The maximum atomic E-state index is 11.3. The molecule has 0 spiro atoms. The molecule has 2 aromatic carbocycles. The molecular formula is C16H14N2O3. The Labute approximate surface area is 121 Å². The molecule has 0 amide bonds. The Kier molecular flexibility index (Phi) is 3.41. The van der Waals surface area contributed by atoms with Crippen molar-refractivity contribution in [1.29, 1.82) is 0 Å². The van der Waals surface area contributed by atoms with E-state index >= 15 is 0 Å². The number of methoxy groups -OCH3 is 1. The second-order valence-corrected chi connectivity index (χ2v) is 4.65. The molecule has 1 heterocycles. The Morgan fingerprint density at radius 3 is 2.81 bits per heavy atom. The minimum Gasteiger partial charge on any atom is -0.478 e. The lowest BCUT2D eigenvalue weighted by Gasteiger charge is -2.10. The average molecular weight is 282 g/mol. The van der Waals surface area contributed by atoms with Crippen LogP contribution in [-0.4, -0.2) is 27.7 Å². The van der Waals surface area contributed by atoms with E-state index < -0.39 is 5.97 Å². The Bertz CT molecular complexity index is 808. The quantitative estimate of drug-likeness (QED) is 0.799. The van der Waals surface area contributed by atoms with Crippen LogP contribution in [0.25, 0.3) is 16.7 Å². The third-order valence-electron chi connectivity index (χ3n) is 3.36. The number of aromatic carboxylic acids is 1. The van der Waals surface area contributed by atoms with Crippen molar-refractivity contribution in [3.05, 3.63) is 59.9 Å². The fraction of sp³-hybridized carbons (Fsp3) is 0.125. The number of fused-ring (bicyclic) bond motifs is 1. The highest BCUT2D eigenvalue weighted by molar-refractivity contribution is 6.01. The molecule has 1 N–H and O–H groups in total. The van der Waals surface area contributed by atoms with Crippen molar-refractivity contribution in [2.24, 2.45) is 0 Å². The lowest BCUT2D eigenvalue weighted by Crippen LogP contribution is -2.00. The SMILES string of the molecule is COCc1ccccc1-n1cnc2c(C(=O)O)cccc21. The lowest BCUT2D eigenvalue weighted by atomic mass is 10.1. The van der Waals surface area contributed by atoms with E-state index in [1.807, 2.05) is 34.9 Å². The van der Waals surface area contributed by atoms with Gasteiger partial charge in [0.15, 0.2) is 0 Å². The summed E-state index contributed by atoms with van der Waals surface area (Å²) in [5.74, 6) is -0.976. The molecule has 21 heavy (non-hydrogen) atoms. The summed E-state index contributed by atoms with van der Waals surface area (Å²) in [6.45, 7) is 0.481. The third kappa shape index (κ3) is 2.28. The van der Waals surface area contributed by atoms with Crippen molar-refractivity contribution in [3.8, 4) is 5.69 Å².